The third-order valence-corrected chi connectivity index (χ3v) is 3.50. The molecule has 1 atom stereocenters. The number of likely N-dealkylation sites (N-methyl/N-ethyl adjacent to an activating group) is 1. The van der Waals surface area contributed by atoms with E-state index in [0.717, 1.165) is 11.3 Å². The number of hydrogen-bond donors (Lipinski definition) is 1. The highest BCUT2D eigenvalue weighted by Gasteiger charge is 2.37. The Bertz CT molecular complexity index is 369. The summed E-state index contributed by atoms with van der Waals surface area (Å²) in [6.07, 6.45) is 0. The lowest BCUT2D eigenvalue weighted by molar-refractivity contribution is -0.118. The summed E-state index contributed by atoms with van der Waals surface area (Å²) in [4.78, 5) is 14.7. The van der Waals surface area contributed by atoms with Crippen LogP contribution in [0, 0.1) is 10.8 Å². The Morgan fingerprint density at radius 3 is 2.00 bits per heavy atom. The first kappa shape index (κ1) is 15.1. The quantitative estimate of drug-likeness (QED) is 0.719. The second kappa shape index (κ2) is 4.60. The van der Waals surface area contributed by atoms with Gasteiger partial charge in [0.1, 0.15) is 0 Å². The van der Waals surface area contributed by atoms with Crippen molar-refractivity contribution in [2.45, 2.75) is 54.5 Å². The highest BCUT2D eigenvalue weighted by molar-refractivity contribution is 5.95. The van der Waals surface area contributed by atoms with Crippen LogP contribution < -0.4 is 5.32 Å². The fourth-order valence-electron chi connectivity index (χ4n) is 2.57. The molecule has 0 aromatic heterocycles. The Morgan fingerprint density at radius 1 is 1.11 bits per heavy atom. The summed E-state index contributed by atoms with van der Waals surface area (Å²) in [5.41, 5.74) is 1.90. The molecular formula is C15H28N2O. The first-order valence-electron chi connectivity index (χ1n) is 6.72. The summed E-state index contributed by atoms with van der Waals surface area (Å²) >= 11 is 0. The van der Waals surface area contributed by atoms with Crippen LogP contribution >= 0.6 is 0 Å². The molecule has 0 radical (unpaired) electrons. The molecule has 1 N–H and O–H groups in total. The van der Waals surface area contributed by atoms with E-state index in [1.807, 2.05) is 0 Å². The molecule has 0 aromatic rings. The van der Waals surface area contributed by atoms with Crippen LogP contribution in [0.2, 0.25) is 0 Å². The van der Waals surface area contributed by atoms with Crippen LogP contribution in [-0.4, -0.2) is 30.4 Å². The fraction of sp³-hybridized carbons (Fsp3) is 0.800. The molecule has 0 aliphatic carbocycles. The molecule has 0 saturated carbocycles. The van der Waals surface area contributed by atoms with Crippen LogP contribution in [0.1, 0.15) is 48.5 Å². The number of hydrogen-bond acceptors (Lipinski definition) is 2. The number of nitrogens with one attached hydrogen (secondary N) is 1. The van der Waals surface area contributed by atoms with Crippen molar-refractivity contribution in [2.75, 3.05) is 13.6 Å². The standard InChI is InChI=1S/C15H28N2O/c1-10-9-16-13(18)11(14(2,3)4)12(17(10)8)15(5,6)7/h10H,9H2,1-8H3,(H,16,18). The summed E-state index contributed by atoms with van der Waals surface area (Å²) in [5.74, 6) is 0.0867. The van der Waals surface area contributed by atoms with Crippen molar-refractivity contribution in [1.82, 2.24) is 10.2 Å². The summed E-state index contributed by atoms with van der Waals surface area (Å²) in [5, 5.41) is 3.04. The minimum absolute atomic E-state index is 0.0344. The second-order valence-electron chi connectivity index (χ2n) is 7.39. The molecule has 1 aliphatic rings. The molecule has 1 heterocycles. The predicted molar refractivity (Wildman–Crippen MR) is 76.2 cm³/mol. The van der Waals surface area contributed by atoms with Gasteiger partial charge in [-0.25, -0.2) is 0 Å². The molecule has 0 bridgehead atoms. The Morgan fingerprint density at radius 2 is 1.61 bits per heavy atom. The molecule has 0 aromatic carbocycles. The number of carbonyl (C=O) groups is 1. The maximum atomic E-state index is 12.4. The van der Waals surface area contributed by atoms with Gasteiger partial charge in [-0.15, -0.1) is 0 Å². The molecule has 1 aliphatic heterocycles. The van der Waals surface area contributed by atoms with E-state index in [2.05, 4.69) is 65.7 Å². The lowest BCUT2D eigenvalue weighted by Crippen LogP contribution is -2.38. The molecule has 0 fully saturated rings. The van der Waals surface area contributed by atoms with Crippen LogP contribution in [0.25, 0.3) is 0 Å². The zero-order valence-electron chi connectivity index (χ0n) is 13.1. The summed E-state index contributed by atoms with van der Waals surface area (Å²) < 4.78 is 0. The molecule has 3 heteroatoms. The molecule has 18 heavy (non-hydrogen) atoms. The van der Waals surface area contributed by atoms with E-state index in [0.29, 0.717) is 12.6 Å². The fourth-order valence-corrected chi connectivity index (χ4v) is 2.57. The molecular weight excluding hydrogens is 224 g/mol. The van der Waals surface area contributed by atoms with Crippen LogP contribution in [-0.2, 0) is 4.79 Å². The summed E-state index contributed by atoms with van der Waals surface area (Å²) in [6, 6.07) is 0.322. The highest BCUT2D eigenvalue weighted by Crippen LogP contribution is 2.39. The van der Waals surface area contributed by atoms with E-state index in [1.54, 1.807) is 0 Å². The van der Waals surface area contributed by atoms with Gasteiger partial charge in [-0.3, -0.25) is 4.79 Å². The van der Waals surface area contributed by atoms with E-state index in [-0.39, 0.29) is 16.7 Å². The normalized spacial score (nSPS) is 23.0. The summed E-state index contributed by atoms with van der Waals surface area (Å²) in [6.45, 7) is 15.7. The van der Waals surface area contributed by atoms with Crippen molar-refractivity contribution in [2.24, 2.45) is 10.8 Å². The van der Waals surface area contributed by atoms with Gasteiger partial charge in [0.05, 0.1) is 0 Å². The van der Waals surface area contributed by atoms with Crippen LogP contribution in [0.4, 0.5) is 0 Å². The van der Waals surface area contributed by atoms with Gasteiger partial charge >= 0.3 is 0 Å². The molecule has 104 valence electrons. The van der Waals surface area contributed by atoms with Gasteiger partial charge in [0.2, 0.25) is 5.91 Å². The third kappa shape index (κ3) is 2.88. The highest BCUT2D eigenvalue weighted by atomic mass is 16.1. The topological polar surface area (TPSA) is 32.3 Å². The lowest BCUT2D eigenvalue weighted by atomic mass is 9.77. The van der Waals surface area contributed by atoms with Gasteiger partial charge in [-0.05, 0) is 12.3 Å². The maximum absolute atomic E-state index is 12.4. The molecule has 0 saturated heterocycles. The number of rotatable bonds is 0. The van der Waals surface area contributed by atoms with Crippen molar-refractivity contribution in [1.29, 1.82) is 0 Å². The van der Waals surface area contributed by atoms with E-state index in [1.165, 1.54) is 0 Å². The maximum Gasteiger partial charge on any atom is 0.249 e. The smallest absolute Gasteiger partial charge is 0.249 e. The lowest BCUT2D eigenvalue weighted by Gasteiger charge is -2.38. The van der Waals surface area contributed by atoms with Crippen LogP contribution in [0.3, 0.4) is 0 Å². The average molecular weight is 252 g/mol. The SMILES string of the molecule is CC1CNC(=O)C(C(C)(C)C)=C(C(C)(C)C)N1C. The Labute approximate surface area is 112 Å². The Kier molecular flexibility index (Phi) is 3.85. The minimum Gasteiger partial charge on any atom is -0.373 e. The minimum atomic E-state index is -0.148. The van der Waals surface area contributed by atoms with Crippen molar-refractivity contribution in [3.05, 3.63) is 11.3 Å². The van der Waals surface area contributed by atoms with Crippen LogP contribution in [0.15, 0.2) is 11.3 Å². The van der Waals surface area contributed by atoms with Gasteiger partial charge in [0.25, 0.3) is 0 Å². The van der Waals surface area contributed by atoms with Gasteiger partial charge in [-0.1, -0.05) is 41.5 Å². The Balaban J connectivity index is 3.53. The Hall–Kier alpha value is -0.990. The number of allylic oxidation sites excluding steroid dienone is 1. The number of nitrogens with zero attached hydrogens (tertiary/aromatic N) is 1. The molecule has 1 rings (SSSR count). The second-order valence-corrected chi connectivity index (χ2v) is 7.39. The van der Waals surface area contributed by atoms with E-state index in [9.17, 15) is 4.79 Å². The number of carbonyl (C=O) groups excluding carboxylic acids is 1. The first-order valence-corrected chi connectivity index (χ1v) is 6.72. The van der Waals surface area contributed by atoms with Gasteiger partial charge in [0, 0.05) is 36.3 Å². The van der Waals surface area contributed by atoms with E-state index in [4.69, 9.17) is 0 Å². The van der Waals surface area contributed by atoms with Crippen LogP contribution in [0.5, 0.6) is 0 Å². The zero-order valence-corrected chi connectivity index (χ0v) is 13.1. The number of amides is 1. The molecule has 0 spiro atoms. The monoisotopic (exact) mass is 252 g/mol. The summed E-state index contributed by atoms with van der Waals surface area (Å²) in [7, 11) is 2.09. The molecule has 1 unspecified atom stereocenters. The van der Waals surface area contributed by atoms with Gasteiger partial charge in [0.15, 0.2) is 0 Å². The molecule has 3 nitrogen and oxygen atoms in total. The third-order valence-electron chi connectivity index (χ3n) is 3.50. The van der Waals surface area contributed by atoms with Crippen molar-refractivity contribution >= 4 is 5.91 Å². The molecule has 1 amide bonds. The predicted octanol–water partition coefficient (Wildman–Crippen LogP) is 2.78. The van der Waals surface area contributed by atoms with Crippen molar-refractivity contribution in [3.8, 4) is 0 Å². The average Bonchev–Trinajstić information content (AvgIpc) is 2.26. The first-order chi connectivity index (χ1) is 7.96. The van der Waals surface area contributed by atoms with E-state index >= 15 is 0 Å². The van der Waals surface area contributed by atoms with Crippen molar-refractivity contribution in [3.63, 3.8) is 0 Å². The largest absolute Gasteiger partial charge is 0.373 e. The van der Waals surface area contributed by atoms with E-state index < -0.39 is 0 Å². The van der Waals surface area contributed by atoms with Gasteiger partial charge < -0.3 is 10.2 Å². The van der Waals surface area contributed by atoms with Crippen molar-refractivity contribution < 1.29 is 4.79 Å². The van der Waals surface area contributed by atoms with Gasteiger partial charge in [-0.2, -0.15) is 0 Å². The zero-order chi connectivity index (χ0) is 14.3.